The smallest absolute Gasteiger partial charge is 0.0670 e. The lowest BCUT2D eigenvalue weighted by Crippen LogP contribution is -2.28. The van der Waals surface area contributed by atoms with Crippen molar-refractivity contribution in [1.82, 2.24) is 10.2 Å². The Balaban J connectivity index is 1.97. The molecule has 1 unspecified atom stereocenters. The van der Waals surface area contributed by atoms with Crippen molar-refractivity contribution in [3.63, 3.8) is 0 Å². The molecule has 0 aliphatic carbocycles. The predicted octanol–water partition coefficient (Wildman–Crippen LogP) is 1.80. The van der Waals surface area contributed by atoms with Gasteiger partial charge in [0, 0.05) is 26.7 Å². The zero-order valence-corrected chi connectivity index (χ0v) is 11.7. The Bertz CT molecular complexity index is 392. The Morgan fingerprint density at radius 2 is 2.22 bits per heavy atom. The van der Waals surface area contributed by atoms with Gasteiger partial charge in [-0.1, -0.05) is 18.2 Å². The van der Waals surface area contributed by atoms with E-state index in [1.165, 1.54) is 16.7 Å². The Kier molecular flexibility index (Phi) is 4.75. The molecule has 100 valence electrons. The number of benzene rings is 1. The number of fused-ring (bicyclic) bond motifs is 1. The average molecular weight is 248 g/mol. The molecule has 2 rings (SSSR count). The molecule has 0 saturated heterocycles. The first-order chi connectivity index (χ1) is 8.69. The molecule has 0 spiro atoms. The van der Waals surface area contributed by atoms with Crippen molar-refractivity contribution >= 4 is 0 Å². The summed E-state index contributed by atoms with van der Waals surface area (Å²) in [4.78, 5) is 2.31. The van der Waals surface area contributed by atoms with Gasteiger partial charge in [-0.05, 0) is 43.6 Å². The van der Waals surface area contributed by atoms with Gasteiger partial charge >= 0.3 is 0 Å². The van der Waals surface area contributed by atoms with Crippen LogP contribution in [-0.4, -0.2) is 38.3 Å². The van der Waals surface area contributed by atoms with Gasteiger partial charge in [-0.15, -0.1) is 0 Å². The van der Waals surface area contributed by atoms with E-state index in [1.54, 1.807) is 7.11 Å². The zero-order chi connectivity index (χ0) is 13.0. The maximum atomic E-state index is 5.30. The second-order valence-electron chi connectivity index (χ2n) is 5.27. The van der Waals surface area contributed by atoms with Crippen LogP contribution < -0.4 is 5.32 Å². The van der Waals surface area contributed by atoms with Crippen molar-refractivity contribution in [3.05, 3.63) is 34.9 Å². The third-order valence-electron chi connectivity index (χ3n) is 3.58. The second kappa shape index (κ2) is 6.32. The normalized spacial score (nSPS) is 16.7. The first-order valence-corrected chi connectivity index (χ1v) is 6.72. The van der Waals surface area contributed by atoms with Gasteiger partial charge < -0.3 is 10.1 Å². The Morgan fingerprint density at radius 3 is 3.00 bits per heavy atom. The lowest BCUT2D eigenvalue weighted by Gasteiger charge is -2.22. The zero-order valence-electron chi connectivity index (χ0n) is 11.7. The number of nitrogens with one attached hydrogen (secondary N) is 1. The molecular formula is C15H24N2O. The van der Waals surface area contributed by atoms with Crippen LogP contribution in [0, 0.1) is 0 Å². The maximum Gasteiger partial charge on any atom is 0.0670 e. The highest BCUT2D eigenvalue weighted by Crippen LogP contribution is 2.16. The summed E-state index contributed by atoms with van der Waals surface area (Å²) in [5.74, 6) is 0. The van der Waals surface area contributed by atoms with Crippen LogP contribution in [-0.2, 0) is 24.2 Å². The minimum absolute atomic E-state index is 0.286. The Labute approximate surface area is 110 Å². The molecule has 1 aromatic rings. The lowest BCUT2D eigenvalue weighted by molar-refractivity contribution is 0.0837. The Morgan fingerprint density at radius 1 is 1.39 bits per heavy atom. The molecule has 0 fully saturated rings. The highest BCUT2D eigenvalue weighted by Gasteiger charge is 2.10. The third-order valence-corrected chi connectivity index (χ3v) is 3.58. The first kappa shape index (κ1) is 13.5. The van der Waals surface area contributed by atoms with E-state index in [4.69, 9.17) is 4.74 Å². The van der Waals surface area contributed by atoms with E-state index in [2.05, 4.69) is 42.4 Å². The number of likely N-dealkylation sites (N-methyl/N-ethyl adjacent to an activating group) is 1. The van der Waals surface area contributed by atoms with Crippen LogP contribution in [0.15, 0.2) is 18.2 Å². The fourth-order valence-corrected chi connectivity index (χ4v) is 2.52. The fourth-order valence-electron chi connectivity index (χ4n) is 2.52. The van der Waals surface area contributed by atoms with E-state index in [0.29, 0.717) is 0 Å². The molecular weight excluding hydrogens is 224 g/mol. The summed E-state index contributed by atoms with van der Waals surface area (Å²) >= 11 is 0. The molecule has 1 N–H and O–H groups in total. The summed E-state index contributed by atoms with van der Waals surface area (Å²) in [6.07, 6.45) is 1.45. The predicted molar refractivity (Wildman–Crippen MR) is 74.7 cm³/mol. The lowest BCUT2D eigenvalue weighted by atomic mass is 9.98. The van der Waals surface area contributed by atoms with Crippen molar-refractivity contribution in [3.8, 4) is 0 Å². The molecule has 0 radical (unpaired) electrons. The maximum absolute atomic E-state index is 5.30. The summed E-state index contributed by atoms with van der Waals surface area (Å²) < 4.78 is 5.30. The number of ether oxygens (including phenoxy) is 1. The molecule has 3 heteroatoms. The van der Waals surface area contributed by atoms with Gasteiger partial charge in [0.05, 0.1) is 6.10 Å². The molecule has 0 saturated carbocycles. The summed E-state index contributed by atoms with van der Waals surface area (Å²) in [5, 5.41) is 3.43. The van der Waals surface area contributed by atoms with Gasteiger partial charge in [-0.2, -0.15) is 0 Å². The van der Waals surface area contributed by atoms with E-state index < -0.39 is 0 Å². The number of methoxy groups -OCH3 is 1. The molecule has 1 heterocycles. The van der Waals surface area contributed by atoms with Crippen LogP contribution in [0.4, 0.5) is 0 Å². The van der Waals surface area contributed by atoms with Gasteiger partial charge in [0.25, 0.3) is 0 Å². The monoisotopic (exact) mass is 248 g/mol. The minimum Gasteiger partial charge on any atom is -0.380 e. The molecule has 0 amide bonds. The molecule has 1 aliphatic rings. The first-order valence-electron chi connectivity index (χ1n) is 6.72. The van der Waals surface area contributed by atoms with E-state index in [0.717, 1.165) is 32.6 Å². The highest BCUT2D eigenvalue weighted by molar-refractivity contribution is 5.33. The van der Waals surface area contributed by atoms with E-state index >= 15 is 0 Å². The van der Waals surface area contributed by atoms with Gasteiger partial charge in [0.15, 0.2) is 0 Å². The fraction of sp³-hybridized carbons (Fsp3) is 0.600. The molecule has 18 heavy (non-hydrogen) atoms. The molecule has 1 aromatic carbocycles. The van der Waals surface area contributed by atoms with E-state index in [1.807, 2.05) is 0 Å². The van der Waals surface area contributed by atoms with Gasteiger partial charge in [-0.25, -0.2) is 0 Å². The molecule has 0 aromatic heterocycles. The van der Waals surface area contributed by atoms with Crippen LogP contribution in [0.25, 0.3) is 0 Å². The summed E-state index contributed by atoms with van der Waals surface area (Å²) in [5.41, 5.74) is 4.36. The quantitative estimate of drug-likeness (QED) is 0.860. The largest absolute Gasteiger partial charge is 0.380 e. The SMILES string of the molecule is COC(C)CN(C)Cc1ccc2c(c1)CNCC2. The second-order valence-corrected chi connectivity index (χ2v) is 5.27. The highest BCUT2D eigenvalue weighted by atomic mass is 16.5. The van der Waals surface area contributed by atoms with Crippen LogP contribution in [0.3, 0.4) is 0 Å². The number of nitrogens with zero attached hydrogens (tertiary/aromatic N) is 1. The van der Waals surface area contributed by atoms with Crippen LogP contribution in [0.5, 0.6) is 0 Å². The van der Waals surface area contributed by atoms with Gasteiger partial charge in [0.1, 0.15) is 0 Å². The Hall–Kier alpha value is -0.900. The molecule has 0 bridgehead atoms. The standard InChI is InChI=1S/C15H24N2O/c1-12(18-3)10-17(2)11-13-4-5-14-6-7-16-9-15(14)8-13/h4-5,8,12,16H,6-7,9-11H2,1-3H3. The molecule has 1 aliphatic heterocycles. The van der Waals surface area contributed by atoms with Crippen molar-refractivity contribution in [2.75, 3.05) is 27.2 Å². The third kappa shape index (κ3) is 3.55. The van der Waals surface area contributed by atoms with Crippen LogP contribution >= 0.6 is 0 Å². The van der Waals surface area contributed by atoms with Crippen molar-refractivity contribution < 1.29 is 4.74 Å². The summed E-state index contributed by atoms with van der Waals surface area (Å²) in [7, 11) is 3.91. The van der Waals surface area contributed by atoms with Gasteiger partial charge in [-0.3, -0.25) is 4.90 Å². The minimum atomic E-state index is 0.286. The average Bonchev–Trinajstić information content (AvgIpc) is 2.38. The van der Waals surface area contributed by atoms with Gasteiger partial charge in [0.2, 0.25) is 0 Å². The van der Waals surface area contributed by atoms with Crippen molar-refractivity contribution in [2.45, 2.75) is 32.5 Å². The van der Waals surface area contributed by atoms with Crippen LogP contribution in [0.1, 0.15) is 23.6 Å². The summed E-state index contributed by atoms with van der Waals surface area (Å²) in [6, 6.07) is 6.90. The molecule has 3 nitrogen and oxygen atoms in total. The van der Waals surface area contributed by atoms with E-state index in [9.17, 15) is 0 Å². The number of hydrogen-bond acceptors (Lipinski definition) is 3. The number of rotatable bonds is 5. The molecule has 1 atom stereocenters. The van der Waals surface area contributed by atoms with Crippen molar-refractivity contribution in [2.24, 2.45) is 0 Å². The van der Waals surface area contributed by atoms with Crippen molar-refractivity contribution in [1.29, 1.82) is 0 Å². The van der Waals surface area contributed by atoms with Crippen LogP contribution in [0.2, 0.25) is 0 Å². The van der Waals surface area contributed by atoms with E-state index in [-0.39, 0.29) is 6.10 Å². The summed E-state index contributed by atoms with van der Waals surface area (Å²) in [6.45, 7) is 6.18. The number of hydrogen-bond donors (Lipinski definition) is 1. The topological polar surface area (TPSA) is 24.5 Å².